The largest absolute Gasteiger partial charge is 0.418 e. The first-order chi connectivity index (χ1) is 11.3. The van der Waals surface area contributed by atoms with Gasteiger partial charge in [0.15, 0.2) is 0 Å². The lowest BCUT2D eigenvalue weighted by atomic mass is 10.1. The predicted molar refractivity (Wildman–Crippen MR) is 80.3 cm³/mol. The van der Waals surface area contributed by atoms with Crippen molar-refractivity contribution in [1.82, 2.24) is 20.1 Å². The van der Waals surface area contributed by atoms with Gasteiger partial charge in [-0.1, -0.05) is 0 Å². The number of alkyl halides is 3. The minimum Gasteiger partial charge on any atom is -0.350 e. The Morgan fingerprint density at radius 3 is 2.54 bits per heavy atom. The monoisotopic (exact) mass is 344 g/mol. The highest BCUT2D eigenvalue weighted by atomic mass is 19.4. The van der Waals surface area contributed by atoms with Crippen molar-refractivity contribution in [3.05, 3.63) is 29.6 Å². The molecule has 0 atom stereocenters. The molecule has 1 aromatic heterocycles. The summed E-state index contributed by atoms with van der Waals surface area (Å²) in [5.74, 6) is -1.06. The van der Waals surface area contributed by atoms with Crippen molar-refractivity contribution in [2.24, 2.45) is 0 Å². The molecule has 0 saturated carbocycles. The topological polar surface area (TPSA) is 65.5 Å². The lowest BCUT2D eigenvalue weighted by Gasteiger charge is -2.32. The molecular formula is C15H19F3N4O2. The Morgan fingerprint density at radius 1 is 1.25 bits per heavy atom. The first-order valence-corrected chi connectivity index (χ1v) is 7.56. The number of hydrogen-bond donors (Lipinski definition) is 1. The number of halogens is 3. The van der Waals surface area contributed by atoms with Crippen molar-refractivity contribution < 1.29 is 22.8 Å². The highest BCUT2D eigenvalue weighted by Gasteiger charge is 2.35. The van der Waals surface area contributed by atoms with Crippen LogP contribution in [0.2, 0.25) is 0 Å². The first-order valence-electron chi connectivity index (χ1n) is 7.56. The fraction of sp³-hybridized carbons (Fsp3) is 0.533. The molecule has 1 aromatic rings. The summed E-state index contributed by atoms with van der Waals surface area (Å²) >= 11 is 0. The van der Waals surface area contributed by atoms with Crippen LogP contribution in [0.25, 0.3) is 0 Å². The summed E-state index contributed by atoms with van der Waals surface area (Å²) in [6.45, 7) is 2.75. The predicted octanol–water partition coefficient (Wildman–Crippen LogP) is 0.994. The van der Waals surface area contributed by atoms with E-state index in [9.17, 15) is 22.8 Å². The van der Waals surface area contributed by atoms with Crippen molar-refractivity contribution in [2.45, 2.75) is 12.6 Å². The van der Waals surface area contributed by atoms with Gasteiger partial charge < -0.3 is 15.1 Å². The molecule has 1 fully saturated rings. The SMILES string of the molecule is CN1CCN(C(=O)CCNC(=O)c2ncccc2C(F)(F)F)CC1. The third kappa shape index (κ3) is 4.67. The van der Waals surface area contributed by atoms with Crippen LogP contribution in [0.15, 0.2) is 18.3 Å². The van der Waals surface area contributed by atoms with E-state index >= 15 is 0 Å². The van der Waals surface area contributed by atoms with Crippen molar-refractivity contribution >= 4 is 11.8 Å². The summed E-state index contributed by atoms with van der Waals surface area (Å²) in [4.78, 5) is 31.2. The number of rotatable bonds is 4. The van der Waals surface area contributed by atoms with E-state index in [0.717, 1.165) is 31.4 Å². The van der Waals surface area contributed by atoms with Crippen LogP contribution in [0, 0.1) is 0 Å². The summed E-state index contributed by atoms with van der Waals surface area (Å²) in [5.41, 5.74) is -1.77. The average Bonchev–Trinajstić information content (AvgIpc) is 2.54. The van der Waals surface area contributed by atoms with Crippen molar-refractivity contribution in [1.29, 1.82) is 0 Å². The van der Waals surface area contributed by atoms with Crippen LogP contribution in [0.1, 0.15) is 22.5 Å². The minimum atomic E-state index is -4.66. The van der Waals surface area contributed by atoms with E-state index in [2.05, 4.69) is 15.2 Å². The second-order valence-electron chi connectivity index (χ2n) is 5.59. The molecular weight excluding hydrogens is 325 g/mol. The summed E-state index contributed by atoms with van der Waals surface area (Å²) in [7, 11) is 1.97. The van der Waals surface area contributed by atoms with Crippen LogP contribution in [-0.4, -0.2) is 66.4 Å². The normalized spacial score (nSPS) is 16.1. The Balaban J connectivity index is 1.87. The van der Waals surface area contributed by atoms with Gasteiger partial charge in [-0.15, -0.1) is 0 Å². The van der Waals surface area contributed by atoms with Gasteiger partial charge in [0.2, 0.25) is 5.91 Å². The fourth-order valence-electron chi connectivity index (χ4n) is 2.40. The van der Waals surface area contributed by atoms with E-state index in [-0.39, 0.29) is 18.9 Å². The van der Waals surface area contributed by atoms with Crippen LogP contribution in [0.5, 0.6) is 0 Å². The van der Waals surface area contributed by atoms with E-state index < -0.39 is 23.3 Å². The number of hydrogen-bond acceptors (Lipinski definition) is 4. The molecule has 132 valence electrons. The van der Waals surface area contributed by atoms with Gasteiger partial charge >= 0.3 is 6.18 Å². The minimum absolute atomic E-state index is 0.0299. The molecule has 1 N–H and O–H groups in total. The number of nitrogens with zero attached hydrogens (tertiary/aromatic N) is 3. The van der Waals surface area contributed by atoms with E-state index in [1.54, 1.807) is 4.90 Å². The van der Waals surface area contributed by atoms with Gasteiger partial charge in [0.25, 0.3) is 5.91 Å². The first kappa shape index (κ1) is 18.2. The Hall–Kier alpha value is -2.16. The van der Waals surface area contributed by atoms with Gasteiger partial charge in [0.1, 0.15) is 5.69 Å². The smallest absolute Gasteiger partial charge is 0.350 e. The molecule has 0 spiro atoms. The third-order valence-electron chi connectivity index (χ3n) is 3.81. The molecule has 1 aliphatic heterocycles. The summed E-state index contributed by atoms with van der Waals surface area (Å²) < 4.78 is 38.5. The zero-order chi connectivity index (χ0) is 17.7. The number of amides is 2. The van der Waals surface area contributed by atoms with Crippen LogP contribution >= 0.6 is 0 Å². The van der Waals surface area contributed by atoms with E-state index in [1.165, 1.54) is 0 Å². The van der Waals surface area contributed by atoms with Gasteiger partial charge in [-0.05, 0) is 19.2 Å². The number of aromatic nitrogens is 1. The standard InChI is InChI=1S/C15H19F3N4O2/c1-21-7-9-22(10-8-21)12(23)4-6-20-14(24)13-11(15(16,17)18)3-2-5-19-13/h2-3,5H,4,6-10H2,1H3,(H,20,24). The van der Waals surface area contributed by atoms with E-state index in [0.29, 0.717) is 13.1 Å². The maximum Gasteiger partial charge on any atom is 0.418 e. The zero-order valence-corrected chi connectivity index (χ0v) is 13.3. The quantitative estimate of drug-likeness (QED) is 0.885. The third-order valence-corrected chi connectivity index (χ3v) is 3.81. The molecule has 2 rings (SSSR count). The lowest BCUT2D eigenvalue weighted by Crippen LogP contribution is -2.47. The maximum atomic E-state index is 12.8. The Bertz CT molecular complexity index is 599. The Labute approximate surface area is 137 Å². The second kappa shape index (κ2) is 7.61. The molecule has 2 heterocycles. The summed E-state index contributed by atoms with van der Waals surface area (Å²) in [6, 6.07) is 1.92. The van der Waals surface area contributed by atoms with E-state index in [1.807, 2.05) is 7.05 Å². The maximum absolute atomic E-state index is 12.8. The van der Waals surface area contributed by atoms with Crippen molar-refractivity contribution in [3.63, 3.8) is 0 Å². The Kier molecular flexibility index (Phi) is 5.76. The average molecular weight is 344 g/mol. The molecule has 1 aliphatic rings. The number of piperazine rings is 1. The van der Waals surface area contributed by atoms with Crippen LogP contribution in [0.3, 0.4) is 0 Å². The number of carbonyl (C=O) groups is 2. The van der Waals surface area contributed by atoms with Gasteiger partial charge in [-0.2, -0.15) is 13.2 Å². The van der Waals surface area contributed by atoms with Crippen molar-refractivity contribution in [2.75, 3.05) is 39.8 Å². The molecule has 24 heavy (non-hydrogen) atoms. The number of carbonyl (C=O) groups excluding carboxylic acids is 2. The fourth-order valence-corrected chi connectivity index (χ4v) is 2.40. The van der Waals surface area contributed by atoms with Gasteiger partial charge in [0, 0.05) is 45.3 Å². The van der Waals surface area contributed by atoms with Crippen molar-refractivity contribution in [3.8, 4) is 0 Å². The molecule has 1 saturated heterocycles. The van der Waals surface area contributed by atoms with Gasteiger partial charge in [-0.3, -0.25) is 14.6 Å². The van der Waals surface area contributed by atoms with E-state index in [4.69, 9.17) is 0 Å². The number of pyridine rings is 1. The molecule has 0 aliphatic carbocycles. The molecule has 0 unspecified atom stereocenters. The highest BCUT2D eigenvalue weighted by molar-refractivity contribution is 5.94. The lowest BCUT2D eigenvalue weighted by molar-refractivity contribution is -0.138. The number of likely N-dealkylation sites (N-methyl/N-ethyl adjacent to an activating group) is 1. The highest BCUT2D eigenvalue weighted by Crippen LogP contribution is 2.30. The molecule has 6 nitrogen and oxygen atoms in total. The van der Waals surface area contributed by atoms with Gasteiger partial charge in [0.05, 0.1) is 5.56 Å². The van der Waals surface area contributed by atoms with Crippen LogP contribution < -0.4 is 5.32 Å². The summed E-state index contributed by atoms with van der Waals surface area (Å²) in [5, 5.41) is 2.33. The Morgan fingerprint density at radius 2 is 1.92 bits per heavy atom. The van der Waals surface area contributed by atoms with Crippen LogP contribution in [-0.2, 0) is 11.0 Å². The molecule has 0 radical (unpaired) electrons. The molecule has 2 amide bonds. The molecule has 0 bridgehead atoms. The molecule has 9 heteroatoms. The van der Waals surface area contributed by atoms with Crippen LogP contribution in [0.4, 0.5) is 13.2 Å². The molecule has 0 aromatic carbocycles. The summed E-state index contributed by atoms with van der Waals surface area (Å²) in [6.07, 6.45) is -3.49. The zero-order valence-electron chi connectivity index (χ0n) is 13.3. The van der Waals surface area contributed by atoms with Gasteiger partial charge in [-0.25, -0.2) is 0 Å². The second-order valence-corrected chi connectivity index (χ2v) is 5.59. The number of nitrogens with one attached hydrogen (secondary N) is 1.